The summed E-state index contributed by atoms with van der Waals surface area (Å²) in [5, 5.41) is 6.46. The minimum absolute atomic E-state index is 0.0681. The van der Waals surface area contributed by atoms with Crippen molar-refractivity contribution in [3.8, 4) is 5.75 Å². The molecule has 1 atom stereocenters. The normalized spacial score (nSPS) is 17.1. The fourth-order valence-corrected chi connectivity index (χ4v) is 4.78. The molecule has 4 N–H and O–H groups in total. The lowest BCUT2D eigenvalue weighted by Gasteiger charge is -2.33. The van der Waals surface area contributed by atoms with Crippen molar-refractivity contribution in [2.24, 2.45) is 5.73 Å². The topological polar surface area (TPSA) is 139 Å². The van der Waals surface area contributed by atoms with Gasteiger partial charge in [-0.1, -0.05) is 18.2 Å². The van der Waals surface area contributed by atoms with E-state index in [-0.39, 0.29) is 23.3 Å². The lowest BCUT2D eigenvalue weighted by Crippen LogP contribution is -2.50. The molecule has 208 valence electrons. The molecule has 2 aromatic carbocycles. The zero-order valence-electron chi connectivity index (χ0n) is 22.0. The summed E-state index contributed by atoms with van der Waals surface area (Å²) in [5.74, 6) is 0.194. The van der Waals surface area contributed by atoms with E-state index < -0.39 is 12.0 Å². The molecule has 0 aliphatic carbocycles. The Morgan fingerprint density at radius 1 is 1.02 bits per heavy atom. The third-order valence-electron chi connectivity index (χ3n) is 6.87. The molecule has 0 bridgehead atoms. The Bertz CT molecular complexity index is 1340. The van der Waals surface area contributed by atoms with Gasteiger partial charge < -0.3 is 30.7 Å². The molecule has 3 amide bonds. The second-order valence-electron chi connectivity index (χ2n) is 9.59. The van der Waals surface area contributed by atoms with Crippen LogP contribution in [0.3, 0.4) is 0 Å². The van der Waals surface area contributed by atoms with Gasteiger partial charge in [0, 0.05) is 30.9 Å². The quantitative estimate of drug-likeness (QED) is 0.412. The number of anilines is 3. The van der Waals surface area contributed by atoms with Crippen molar-refractivity contribution in [1.29, 1.82) is 0 Å². The zero-order valence-corrected chi connectivity index (χ0v) is 22.0. The molecule has 1 unspecified atom stereocenters. The Kier molecular flexibility index (Phi) is 8.53. The minimum Gasteiger partial charge on any atom is -0.410 e. The number of benzene rings is 2. The van der Waals surface area contributed by atoms with E-state index in [9.17, 15) is 14.4 Å². The standard InChI is InChI=1S/C29H32N6O5/c30-26(36)24-12-13-25(35(22-5-4-14-31-19-22)29(38)40-23-6-2-1-3-7-23)33-27(24)32-21-10-8-20(9-11-21)28(37)34-15-17-39-18-16-34/h1-3,6-13,22,31H,4-5,14-19H2,(H2,30,36)(H,32,33). The molecule has 2 aliphatic heterocycles. The van der Waals surface area contributed by atoms with E-state index >= 15 is 0 Å². The van der Waals surface area contributed by atoms with Crippen molar-refractivity contribution in [3.05, 3.63) is 77.9 Å². The van der Waals surface area contributed by atoms with Crippen LogP contribution in [-0.4, -0.2) is 73.2 Å². The number of nitrogens with two attached hydrogens (primary N) is 1. The largest absolute Gasteiger partial charge is 0.421 e. The number of morpholine rings is 1. The average molecular weight is 545 g/mol. The molecule has 11 nitrogen and oxygen atoms in total. The second-order valence-corrected chi connectivity index (χ2v) is 9.59. The van der Waals surface area contributed by atoms with E-state index in [0.29, 0.717) is 55.7 Å². The lowest BCUT2D eigenvalue weighted by molar-refractivity contribution is 0.0303. The first-order valence-corrected chi connectivity index (χ1v) is 13.3. The van der Waals surface area contributed by atoms with Crippen molar-refractivity contribution in [3.63, 3.8) is 0 Å². The molecule has 2 saturated heterocycles. The van der Waals surface area contributed by atoms with Crippen molar-refractivity contribution in [1.82, 2.24) is 15.2 Å². The molecule has 2 fully saturated rings. The summed E-state index contributed by atoms with van der Waals surface area (Å²) in [6.45, 7) is 3.59. The van der Waals surface area contributed by atoms with Crippen LogP contribution in [0.25, 0.3) is 0 Å². The fraction of sp³-hybridized carbons (Fsp3) is 0.310. The molecule has 3 aromatic rings. The Hall–Kier alpha value is -4.48. The third kappa shape index (κ3) is 6.38. The number of amides is 3. The number of carbonyl (C=O) groups is 3. The van der Waals surface area contributed by atoms with E-state index in [1.54, 1.807) is 65.6 Å². The zero-order chi connectivity index (χ0) is 27.9. The number of carbonyl (C=O) groups excluding carboxylic acids is 3. The first-order valence-electron chi connectivity index (χ1n) is 13.3. The van der Waals surface area contributed by atoms with Gasteiger partial charge in [-0.25, -0.2) is 9.78 Å². The number of piperidine rings is 1. The van der Waals surface area contributed by atoms with Gasteiger partial charge in [-0.05, 0) is 67.9 Å². The molecular weight excluding hydrogens is 512 g/mol. The van der Waals surface area contributed by atoms with Gasteiger partial charge in [-0.3, -0.25) is 14.5 Å². The van der Waals surface area contributed by atoms with E-state index in [2.05, 4.69) is 15.6 Å². The maximum atomic E-state index is 13.4. The summed E-state index contributed by atoms with van der Waals surface area (Å²) >= 11 is 0. The third-order valence-corrected chi connectivity index (χ3v) is 6.87. The SMILES string of the molecule is NC(=O)c1ccc(N(C(=O)Oc2ccccc2)C2CCCNC2)nc1Nc1ccc(C(=O)N2CCOCC2)cc1. The van der Waals surface area contributed by atoms with Crippen molar-refractivity contribution in [2.75, 3.05) is 49.6 Å². The Labute approximate surface area is 232 Å². The van der Waals surface area contributed by atoms with Crippen LogP contribution in [0.5, 0.6) is 5.75 Å². The number of nitrogens with one attached hydrogen (secondary N) is 2. The first kappa shape index (κ1) is 27.1. The number of rotatable bonds is 7. The van der Waals surface area contributed by atoms with Crippen molar-refractivity contribution >= 4 is 35.2 Å². The molecular formula is C29H32N6O5. The van der Waals surface area contributed by atoms with E-state index in [4.69, 9.17) is 15.2 Å². The summed E-state index contributed by atoms with van der Waals surface area (Å²) in [6, 6.07) is 18.7. The Balaban J connectivity index is 1.41. The number of para-hydroxylation sites is 1. The van der Waals surface area contributed by atoms with E-state index in [1.165, 1.54) is 4.90 Å². The maximum absolute atomic E-state index is 13.4. The highest BCUT2D eigenvalue weighted by atomic mass is 16.6. The molecule has 0 spiro atoms. The van der Waals surface area contributed by atoms with Crippen molar-refractivity contribution in [2.45, 2.75) is 18.9 Å². The summed E-state index contributed by atoms with van der Waals surface area (Å²) in [4.78, 5) is 46.4. The van der Waals surface area contributed by atoms with Gasteiger partial charge in [0.15, 0.2) is 0 Å². The van der Waals surface area contributed by atoms with E-state index in [0.717, 1.165) is 19.4 Å². The highest BCUT2D eigenvalue weighted by Crippen LogP contribution is 2.27. The molecule has 1 aromatic heterocycles. The van der Waals surface area contributed by atoms with Crippen LogP contribution in [-0.2, 0) is 4.74 Å². The molecule has 5 rings (SSSR count). The highest BCUT2D eigenvalue weighted by Gasteiger charge is 2.30. The summed E-state index contributed by atoms with van der Waals surface area (Å²) in [6.07, 6.45) is 1.08. The monoisotopic (exact) mass is 544 g/mol. The lowest BCUT2D eigenvalue weighted by atomic mass is 10.1. The van der Waals surface area contributed by atoms with Gasteiger partial charge in [-0.2, -0.15) is 0 Å². The van der Waals surface area contributed by atoms with Crippen LogP contribution in [0.4, 0.5) is 22.1 Å². The fourth-order valence-electron chi connectivity index (χ4n) is 4.78. The van der Waals surface area contributed by atoms with E-state index in [1.807, 2.05) is 6.07 Å². The average Bonchev–Trinajstić information content (AvgIpc) is 2.99. The van der Waals surface area contributed by atoms with Gasteiger partial charge in [0.2, 0.25) is 0 Å². The van der Waals surface area contributed by atoms with Crippen LogP contribution in [0, 0.1) is 0 Å². The highest BCUT2D eigenvalue weighted by molar-refractivity contribution is 5.99. The van der Waals surface area contributed by atoms with Gasteiger partial charge in [0.25, 0.3) is 11.8 Å². The number of pyridine rings is 1. The number of aromatic nitrogens is 1. The molecule has 11 heteroatoms. The molecule has 0 radical (unpaired) electrons. The predicted molar refractivity (Wildman–Crippen MR) is 150 cm³/mol. The first-order chi connectivity index (χ1) is 19.5. The van der Waals surface area contributed by atoms with Crippen LogP contribution in [0.1, 0.15) is 33.6 Å². The predicted octanol–water partition coefficient (Wildman–Crippen LogP) is 3.15. The van der Waals surface area contributed by atoms with Gasteiger partial charge in [-0.15, -0.1) is 0 Å². The molecule has 2 aliphatic rings. The Morgan fingerprint density at radius 2 is 1.77 bits per heavy atom. The maximum Gasteiger partial charge on any atom is 0.421 e. The number of primary amides is 1. The van der Waals surface area contributed by atoms with Crippen LogP contribution >= 0.6 is 0 Å². The smallest absolute Gasteiger partial charge is 0.410 e. The van der Waals surface area contributed by atoms with Gasteiger partial charge in [0.05, 0.1) is 24.8 Å². The summed E-state index contributed by atoms with van der Waals surface area (Å²) < 4.78 is 11.0. The summed E-state index contributed by atoms with van der Waals surface area (Å²) in [7, 11) is 0. The Morgan fingerprint density at radius 3 is 2.45 bits per heavy atom. The van der Waals surface area contributed by atoms with Crippen LogP contribution in [0.15, 0.2) is 66.7 Å². The van der Waals surface area contributed by atoms with Gasteiger partial charge >= 0.3 is 6.09 Å². The summed E-state index contributed by atoms with van der Waals surface area (Å²) in [5.41, 5.74) is 6.96. The van der Waals surface area contributed by atoms with Crippen LogP contribution in [0.2, 0.25) is 0 Å². The number of hydrogen-bond donors (Lipinski definition) is 3. The number of nitrogens with zero attached hydrogens (tertiary/aromatic N) is 3. The number of hydrogen-bond acceptors (Lipinski definition) is 8. The second kappa shape index (κ2) is 12.6. The van der Waals surface area contributed by atoms with Gasteiger partial charge in [0.1, 0.15) is 17.4 Å². The van der Waals surface area contributed by atoms with Crippen LogP contribution < -0.4 is 26.0 Å². The molecule has 0 saturated carbocycles. The number of ether oxygens (including phenoxy) is 2. The minimum atomic E-state index is -0.668. The van der Waals surface area contributed by atoms with Crippen molar-refractivity contribution < 1.29 is 23.9 Å². The molecule has 40 heavy (non-hydrogen) atoms. The molecule has 3 heterocycles.